The van der Waals surface area contributed by atoms with Gasteiger partial charge in [0.25, 0.3) is 5.91 Å². The molecule has 1 amide bonds. The van der Waals surface area contributed by atoms with Crippen LogP contribution in [0.4, 0.5) is 0 Å². The topological polar surface area (TPSA) is 56.7 Å². The van der Waals surface area contributed by atoms with E-state index in [4.69, 9.17) is 23.2 Å². The summed E-state index contributed by atoms with van der Waals surface area (Å²) >= 11 is 12.1. The number of hydrogen-bond donors (Lipinski definition) is 2. The molecule has 0 unspecified atom stereocenters. The molecule has 0 aliphatic carbocycles. The highest BCUT2D eigenvalue weighted by Gasteiger charge is 2.08. The monoisotopic (exact) mass is 562 g/mol. The molecule has 2 aromatic carbocycles. The molecule has 0 bridgehead atoms. The molecular formula is C22H29Cl2IN4O. The van der Waals surface area contributed by atoms with E-state index in [1.54, 1.807) is 25.1 Å². The number of amides is 1. The Morgan fingerprint density at radius 1 is 1.00 bits per heavy atom. The standard InChI is InChI=1S/C22H28Cl2N4O.HI/c1-4-25-22(27-11-9-17-13-19(23)15-20(24)14-17)26-10-8-16-6-5-7-18(12-16)21(29)28(2)3;/h5-7,12-15H,4,8-11H2,1-3H3,(H2,25,26,27);1H. The van der Waals surface area contributed by atoms with Crippen molar-refractivity contribution in [3.63, 3.8) is 0 Å². The zero-order chi connectivity index (χ0) is 21.2. The lowest BCUT2D eigenvalue weighted by Crippen LogP contribution is -2.38. The van der Waals surface area contributed by atoms with Crippen molar-refractivity contribution in [1.82, 2.24) is 15.5 Å². The van der Waals surface area contributed by atoms with E-state index >= 15 is 0 Å². The minimum Gasteiger partial charge on any atom is -0.357 e. The zero-order valence-electron chi connectivity index (χ0n) is 17.5. The summed E-state index contributed by atoms with van der Waals surface area (Å²) in [7, 11) is 3.51. The maximum absolute atomic E-state index is 12.1. The number of nitrogens with zero attached hydrogens (tertiary/aromatic N) is 2. The highest BCUT2D eigenvalue weighted by molar-refractivity contribution is 14.0. The first-order valence-corrected chi connectivity index (χ1v) is 10.4. The van der Waals surface area contributed by atoms with Crippen LogP contribution in [0.2, 0.25) is 10.0 Å². The Hall–Kier alpha value is -1.51. The smallest absolute Gasteiger partial charge is 0.253 e. The highest BCUT2D eigenvalue weighted by Crippen LogP contribution is 2.19. The van der Waals surface area contributed by atoms with Gasteiger partial charge < -0.3 is 15.5 Å². The fourth-order valence-corrected chi connectivity index (χ4v) is 3.41. The van der Waals surface area contributed by atoms with Crippen LogP contribution in [0.1, 0.15) is 28.4 Å². The van der Waals surface area contributed by atoms with Crippen LogP contribution in [0.3, 0.4) is 0 Å². The second-order valence-electron chi connectivity index (χ2n) is 6.87. The van der Waals surface area contributed by atoms with Gasteiger partial charge in [-0.2, -0.15) is 0 Å². The highest BCUT2D eigenvalue weighted by atomic mass is 127. The van der Waals surface area contributed by atoms with Crippen molar-refractivity contribution in [2.75, 3.05) is 33.7 Å². The number of aliphatic imine (C=N–C) groups is 1. The lowest BCUT2D eigenvalue weighted by atomic mass is 10.1. The molecule has 5 nitrogen and oxygen atoms in total. The molecule has 0 radical (unpaired) electrons. The zero-order valence-corrected chi connectivity index (χ0v) is 21.4. The summed E-state index contributed by atoms with van der Waals surface area (Å²) in [4.78, 5) is 18.3. The van der Waals surface area contributed by atoms with Gasteiger partial charge >= 0.3 is 0 Å². The van der Waals surface area contributed by atoms with E-state index in [-0.39, 0.29) is 29.9 Å². The van der Waals surface area contributed by atoms with E-state index in [2.05, 4.69) is 15.6 Å². The summed E-state index contributed by atoms with van der Waals surface area (Å²) < 4.78 is 0. The Bertz CT molecular complexity index is 839. The van der Waals surface area contributed by atoms with Gasteiger partial charge in [0.15, 0.2) is 5.96 Å². The molecule has 0 atom stereocenters. The van der Waals surface area contributed by atoms with Crippen molar-refractivity contribution in [3.8, 4) is 0 Å². The number of hydrogen-bond acceptors (Lipinski definition) is 2. The van der Waals surface area contributed by atoms with Gasteiger partial charge in [0.1, 0.15) is 0 Å². The van der Waals surface area contributed by atoms with Crippen LogP contribution in [0, 0.1) is 0 Å². The molecule has 2 N–H and O–H groups in total. The van der Waals surface area contributed by atoms with E-state index in [1.807, 2.05) is 43.3 Å². The molecule has 2 rings (SSSR count). The van der Waals surface area contributed by atoms with Crippen LogP contribution in [-0.4, -0.2) is 50.5 Å². The molecule has 2 aromatic rings. The summed E-state index contributed by atoms with van der Waals surface area (Å²) in [6.07, 6.45) is 1.55. The van der Waals surface area contributed by atoms with Crippen molar-refractivity contribution in [2.24, 2.45) is 4.99 Å². The number of nitrogens with one attached hydrogen (secondary N) is 2. The van der Waals surface area contributed by atoms with Crippen molar-refractivity contribution in [1.29, 1.82) is 0 Å². The second kappa shape index (κ2) is 13.7. The molecule has 0 fully saturated rings. The molecule has 8 heteroatoms. The number of rotatable bonds is 8. The predicted molar refractivity (Wildman–Crippen MR) is 138 cm³/mol. The summed E-state index contributed by atoms with van der Waals surface area (Å²) in [6.45, 7) is 4.15. The molecule has 0 saturated carbocycles. The molecule has 0 aromatic heterocycles. The largest absolute Gasteiger partial charge is 0.357 e. The summed E-state index contributed by atoms with van der Waals surface area (Å²) in [5.41, 5.74) is 2.86. The number of halogens is 3. The van der Waals surface area contributed by atoms with Gasteiger partial charge in [0.05, 0.1) is 0 Å². The molecule has 0 spiro atoms. The Balaban J connectivity index is 0.00000450. The van der Waals surface area contributed by atoms with Gasteiger partial charge in [0.2, 0.25) is 0 Å². The summed E-state index contributed by atoms with van der Waals surface area (Å²) in [5.74, 6) is 0.771. The minimum atomic E-state index is 0. The fraction of sp³-hybridized carbons (Fsp3) is 0.364. The van der Waals surface area contributed by atoms with E-state index in [0.717, 1.165) is 43.0 Å². The second-order valence-corrected chi connectivity index (χ2v) is 7.74. The molecule has 0 aliphatic heterocycles. The van der Waals surface area contributed by atoms with E-state index in [9.17, 15) is 4.79 Å². The fourth-order valence-electron chi connectivity index (χ4n) is 2.84. The van der Waals surface area contributed by atoms with E-state index in [1.165, 1.54) is 0 Å². The average molecular weight is 563 g/mol. The molecule has 0 heterocycles. The van der Waals surface area contributed by atoms with Crippen molar-refractivity contribution >= 4 is 59.0 Å². The normalized spacial score (nSPS) is 10.9. The molecule has 30 heavy (non-hydrogen) atoms. The first kappa shape index (κ1) is 26.5. The Kier molecular flexibility index (Phi) is 12.1. The Labute approximate surface area is 206 Å². The molecular weight excluding hydrogens is 534 g/mol. The minimum absolute atomic E-state index is 0. The third-order valence-electron chi connectivity index (χ3n) is 4.22. The Morgan fingerprint density at radius 3 is 2.33 bits per heavy atom. The van der Waals surface area contributed by atoms with E-state index in [0.29, 0.717) is 22.2 Å². The third-order valence-corrected chi connectivity index (χ3v) is 4.66. The quantitative estimate of drug-likeness (QED) is 0.280. The van der Waals surface area contributed by atoms with Gasteiger partial charge in [-0.25, -0.2) is 0 Å². The third kappa shape index (κ3) is 9.10. The van der Waals surface area contributed by atoms with Crippen LogP contribution in [-0.2, 0) is 12.8 Å². The van der Waals surface area contributed by atoms with Crippen LogP contribution < -0.4 is 10.6 Å². The van der Waals surface area contributed by atoms with Gasteiger partial charge in [-0.3, -0.25) is 9.79 Å². The van der Waals surface area contributed by atoms with Gasteiger partial charge in [-0.05, 0) is 61.2 Å². The number of carbonyl (C=O) groups is 1. The SMILES string of the molecule is CCNC(=NCCc1cccc(C(=O)N(C)C)c1)NCCc1cc(Cl)cc(Cl)c1.I. The number of benzene rings is 2. The van der Waals surface area contributed by atoms with Crippen molar-refractivity contribution in [3.05, 3.63) is 69.2 Å². The van der Waals surface area contributed by atoms with Crippen LogP contribution in [0.15, 0.2) is 47.5 Å². The van der Waals surface area contributed by atoms with Crippen LogP contribution in [0.25, 0.3) is 0 Å². The molecule has 164 valence electrons. The summed E-state index contributed by atoms with van der Waals surface area (Å²) in [6, 6.07) is 13.3. The lowest BCUT2D eigenvalue weighted by Gasteiger charge is -2.12. The van der Waals surface area contributed by atoms with Crippen LogP contribution >= 0.6 is 47.2 Å². The molecule has 0 saturated heterocycles. The van der Waals surface area contributed by atoms with Crippen molar-refractivity contribution in [2.45, 2.75) is 19.8 Å². The lowest BCUT2D eigenvalue weighted by molar-refractivity contribution is 0.0827. The van der Waals surface area contributed by atoms with Gasteiger partial charge in [-0.1, -0.05) is 35.3 Å². The van der Waals surface area contributed by atoms with E-state index < -0.39 is 0 Å². The number of carbonyl (C=O) groups excluding carboxylic acids is 1. The first-order chi connectivity index (χ1) is 13.9. The number of guanidine groups is 1. The van der Waals surface area contributed by atoms with Crippen molar-refractivity contribution < 1.29 is 4.79 Å². The van der Waals surface area contributed by atoms with Crippen LogP contribution in [0.5, 0.6) is 0 Å². The Morgan fingerprint density at radius 2 is 1.70 bits per heavy atom. The first-order valence-electron chi connectivity index (χ1n) is 9.66. The summed E-state index contributed by atoms with van der Waals surface area (Å²) in [5, 5.41) is 7.86. The molecule has 0 aliphatic rings. The maximum atomic E-state index is 12.1. The predicted octanol–water partition coefficient (Wildman–Crippen LogP) is 4.65. The maximum Gasteiger partial charge on any atom is 0.253 e. The average Bonchev–Trinajstić information content (AvgIpc) is 2.67. The van der Waals surface area contributed by atoms with Gasteiger partial charge in [0, 0.05) is 49.3 Å². The van der Waals surface area contributed by atoms with Gasteiger partial charge in [-0.15, -0.1) is 24.0 Å².